The van der Waals surface area contributed by atoms with Gasteiger partial charge in [-0.3, -0.25) is 4.79 Å². The van der Waals surface area contributed by atoms with Crippen LogP contribution < -0.4 is 16.0 Å². The zero-order valence-electron chi connectivity index (χ0n) is 14.5. The number of amides is 1. The Balaban J connectivity index is 1.92. The molecule has 0 bridgehead atoms. The van der Waals surface area contributed by atoms with E-state index in [1.165, 1.54) is 22.3 Å². The van der Waals surface area contributed by atoms with Crippen molar-refractivity contribution in [1.82, 2.24) is 10.6 Å². The lowest BCUT2D eigenvalue weighted by atomic mass is 9.90. The van der Waals surface area contributed by atoms with Crippen LogP contribution in [0.15, 0.2) is 42.5 Å². The van der Waals surface area contributed by atoms with Crippen LogP contribution in [0, 0.1) is 0 Å². The van der Waals surface area contributed by atoms with E-state index in [4.69, 9.17) is 0 Å². The fraction of sp³-hybridized carbons (Fsp3) is 0.350. The third kappa shape index (κ3) is 3.60. The second kappa shape index (κ2) is 7.05. The molecular weight excluding hydrogens is 298 g/mol. The first-order valence-corrected chi connectivity index (χ1v) is 8.48. The maximum atomic E-state index is 11.5. The van der Waals surface area contributed by atoms with Crippen LogP contribution in [0.3, 0.4) is 0 Å². The van der Waals surface area contributed by atoms with Crippen molar-refractivity contribution in [2.75, 3.05) is 12.4 Å². The number of rotatable bonds is 4. The molecule has 24 heavy (non-hydrogen) atoms. The van der Waals surface area contributed by atoms with Crippen LogP contribution in [0.25, 0.3) is 11.1 Å². The molecule has 3 rings (SSSR count). The fourth-order valence-electron chi connectivity index (χ4n) is 3.37. The summed E-state index contributed by atoms with van der Waals surface area (Å²) in [6.45, 7) is 4.60. The van der Waals surface area contributed by atoms with E-state index in [1.807, 2.05) is 7.05 Å². The summed E-state index contributed by atoms with van der Waals surface area (Å²) in [6, 6.07) is 15.5. The van der Waals surface area contributed by atoms with E-state index in [-0.39, 0.29) is 11.9 Å². The molecule has 2 aromatic rings. The highest BCUT2D eigenvalue weighted by Gasteiger charge is 2.25. The highest BCUT2D eigenvalue weighted by Crippen LogP contribution is 2.35. The van der Waals surface area contributed by atoms with Gasteiger partial charge in [-0.1, -0.05) is 30.3 Å². The van der Waals surface area contributed by atoms with Gasteiger partial charge in [-0.25, -0.2) is 0 Å². The van der Waals surface area contributed by atoms with E-state index >= 15 is 0 Å². The molecule has 3 N–H and O–H groups in total. The first kappa shape index (κ1) is 16.5. The largest absolute Gasteiger partial charge is 0.382 e. The highest BCUT2D eigenvalue weighted by atomic mass is 16.1. The summed E-state index contributed by atoms with van der Waals surface area (Å²) in [5.74, 6) is 0.0156. The molecule has 2 atom stereocenters. The first-order valence-electron chi connectivity index (χ1n) is 8.48. The van der Waals surface area contributed by atoms with Gasteiger partial charge in [-0.15, -0.1) is 0 Å². The lowest BCUT2D eigenvalue weighted by Gasteiger charge is -2.32. The Morgan fingerprint density at radius 1 is 1.17 bits per heavy atom. The third-order valence-electron chi connectivity index (χ3n) is 4.46. The van der Waals surface area contributed by atoms with Crippen LogP contribution >= 0.6 is 0 Å². The highest BCUT2D eigenvalue weighted by molar-refractivity contribution is 5.75. The zero-order valence-corrected chi connectivity index (χ0v) is 14.5. The molecule has 0 radical (unpaired) electrons. The number of carbonyl (C=O) groups excluding carboxylic acids is 1. The van der Waals surface area contributed by atoms with Crippen LogP contribution in [0.5, 0.6) is 0 Å². The maximum Gasteiger partial charge on any atom is 0.217 e. The minimum atomic E-state index is 0.0156. The molecule has 126 valence electrons. The molecule has 1 heterocycles. The van der Waals surface area contributed by atoms with E-state index in [0.29, 0.717) is 6.04 Å². The van der Waals surface area contributed by atoms with E-state index < -0.39 is 0 Å². The van der Waals surface area contributed by atoms with Gasteiger partial charge in [0.15, 0.2) is 0 Å². The summed E-state index contributed by atoms with van der Waals surface area (Å²) in [4.78, 5) is 11.5. The van der Waals surface area contributed by atoms with Crippen molar-refractivity contribution in [3.63, 3.8) is 0 Å². The number of benzene rings is 2. The zero-order chi connectivity index (χ0) is 17.1. The van der Waals surface area contributed by atoms with E-state index in [2.05, 4.69) is 65.3 Å². The number of fused-ring (bicyclic) bond motifs is 1. The molecule has 0 aliphatic carbocycles. The molecular formula is C20H25N3O. The predicted molar refractivity (Wildman–Crippen MR) is 98.9 cm³/mol. The Hall–Kier alpha value is -2.33. The van der Waals surface area contributed by atoms with Crippen molar-refractivity contribution in [2.24, 2.45) is 0 Å². The lowest BCUT2D eigenvalue weighted by Crippen LogP contribution is -2.35. The molecule has 0 aromatic heterocycles. The Bertz CT molecular complexity index is 724. The molecule has 0 spiro atoms. The number of carbonyl (C=O) groups is 1. The molecule has 1 aliphatic heterocycles. The predicted octanol–water partition coefficient (Wildman–Crippen LogP) is 3.45. The molecule has 0 saturated carbocycles. The van der Waals surface area contributed by atoms with E-state index in [1.54, 1.807) is 6.92 Å². The average Bonchev–Trinajstić information content (AvgIpc) is 2.55. The summed E-state index contributed by atoms with van der Waals surface area (Å²) in [7, 11) is 1.95. The molecule has 0 saturated heterocycles. The fourth-order valence-corrected chi connectivity index (χ4v) is 3.37. The van der Waals surface area contributed by atoms with Gasteiger partial charge in [0, 0.05) is 25.2 Å². The maximum absolute atomic E-state index is 11.5. The van der Waals surface area contributed by atoms with Gasteiger partial charge >= 0.3 is 0 Å². The van der Waals surface area contributed by atoms with Crippen molar-refractivity contribution < 1.29 is 4.79 Å². The standard InChI is InChI=1S/C20H25N3O/c1-13-10-20(23-14(2)24)18-11-17(8-9-19(18)22-13)16-6-4-15(5-7-16)12-21-3/h4-9,11,13,20-22H,10,12H2,1-3H3,(H,23,24). The Morgan fingerprint density at radius 2 is 1.88 bits per heavy atom. The summed E-state index contributed by atoms with van der Waals surface area (Å²) in [6.07, 6.45) is 0.900. The molecule has 2 aromatic carbocycles. The SMILES string of the molecule is CNCc1ccc(-c2ccc3c(c2)C(NC(C)=O)CC(C)N3)cc1. The van der Waals surface area contributed by atoms with Crippen LogP contribution in [0.1, 0.15) is 37.4 Å². The van der Waals surface area contributed by atoms with E-state index in [0.717, 1.165) is 18.7 Å². The van der Waals surface area contributed by atoms with Crippen molar-refractivity contribution in [3.8, 4) is 11.1 Å². The van der Waals surface area contributed by atoms with Crippen molar-refractivity contribution in [2.45, 2.75) is 38.9 Å². The van der Waals surface area contributed by atoms with Gasteiger partial charge in [0.2, 0.25) is 5.91 Å². The minimum absolute atomic E-state index is 0.0156. The smallest absolute Gasteiger partial charge is 0.217 e. The minimum Gasteiger partial charge on any atom is -0.382 e. The average molecular weight is 323 g/mol. The van der Waals surface area contributed by atoms with Gasteiger partial charge in [-0.05, 0) is 54.8 Å². The van der Waals surface area contributed by atoms with Crippen molar-refractivity contribution in [1.29, 1.82) is 0 Å². The first-order chi connectivity index (χ1) is 11.6. The normalized spacial score (nSPS) is 19.3. The molecule has 1 amide bonds. The second-order valence-corrected chi connectivity index (χ2v) is 6.56. The molecule has 0 fully saturated rings. The topological polar surface area (TPSA) is 53.2 Å². The van der Waals surface area contributed by atoms with E-state index in [9.17, 15) is 4.79 Å². The van der Waals surface area contributed by atoms with Crippen LogP contribution in [-0.4, -0.2) is 19.0 Å². The van der Waals surface area contributed by atoms with Crippen molar-refractivity contribution in [3.05, 3.63) is 53.6 Å². The molecule has 4 heteroatoms. The Kier molecular flexibility index (Phi) is 4.86. The Morgan fingerprint density at radius 3 is 2.54 bits per heavy atom. The van der Waals surface area contributed by atoms with Crippen LogP contribution in [0.2, 0.25) is 0 Å². The number of nitrogens with one attached hydrogen (secondary N) is 3. The van der Waals surface area contributed by atoms with Crippen LogP contribution in [-0.2, 0) is 11.3 Å². The lowest BCUT2D eigenvalue weighted by molar-refractivity contribution is -0.119. The monoisotopic (exact) mass is 323 g/mol. The van der Waals surface area contributed by atoms with Gasteiger partial charge in [-0.2, -0.15) is 0 Å². The van der Waals surface area contributed by atoms with Gasteiger partial charge in [0.25, 0.3) is 0 Å². The molecule has 4 nitrogen and oxygen atoms in total. The third-order valence-corrected chi connectivity index (χ3v) is 4.46. The van der Waals surface area contributed by atoms with Crippen LogP contribution in [0.4, 0.5) is 5.69 Å². The summed E-state index contributed by atoms with van der Waals surface area (Å²) in [5, 5.41) is 9.76. The van der Waals surface area contributed by atoms with Crippen molar-refractivity contribution >= 4 is 11.6 Å². The molecule has 1 aliphatic rings. The Labute approximate surface area is 143 Å². The number of anilines is 1. The number of hydrogen-bond acceptors (Lipinski definition) is 3. The molecule has 2 unspecified atom stereocenters. The summed E-state index contributed by atoms with van der Waals surface area (Å²) >= 11 is 0. The van der Waals surface area contributed by atoms with Gasteiger partial charge < -0.3 is 16.0 Å². The van der Waals surface area contributed by atoms with Gasteiger partial charge in [0.1, 0.15) is 0 Å². The number of hydrogen-bond donors (Lipinski definition) is 3. The summed E-state index contributed by atoms with van der Waals surface area (Å²) in [5.41, 5.74) is 5.92. The second-order valence-electron chi connectivity index (χ2n) is 6.56. The quantitative estimate of drug-likeness (QED) is 0.808. The van der Waals surface area contributed by atoms with Gasteiger partial charge in [0.05, 0.1) is 6.04 Å². The summed E-state index contributed by atoms with van der Waals surface area (Å²) < 4.78 is 0.